The standard InChI is InChI=1S/C21H21BrFN3O2S/c1-3-25(12-14-6-5-7-16(23)10-14)19(27)13-29-21-24-18-9-8-15(22)11-17(18)20(28)26(21)4-2/h5-11H,3-4,12-13H2,1-2H3. The Morgan fingerprint density at radius 3 is 2.72 bits per heavy atom. The number of carbonyl (C=O) groups excluding carboxylic acids is 1. The van der Waals surface area contributed by atoms with E-state index in [9.17, 15) is 14.0 Å². The minimum atomic E-state index is -0.320. The largest absolute Gasteiger partial charge is 0.338 e. The van der Waals surface area contributed by atoms with Gasteiger partial charge in [-0.05, 0) is 49.7 Å². The summed E-state index contributed by atoms with van der Waals surface area (Å²) in [5, 5.41) is 1.06. The van der Waals surface area contributed by atoms with Gasteiger partial charge in [0.1, 0.15) is 5.82 Å². The molecule has 0 aliphatic rings. The number of benzene rings is 2. The molecule has 0 fully saturated rings. The smallest absolute Gasteiger partial charge is 0.262 e. The van der Waals surface area contributed by atoms with Crippen LogP contribution in [-0.4, -0.2) is 32.7 Å². The van der Waals surface area contributed by atoms with Gasteiger partial charge in [0.25, 0.3) is 5.56 Å². The normalized spacial score (nSPS) is 11.0. The van der Waals surface area contributed by atoms with Gasteiger partial charge in [0, 0.05) is 24.1 Å². The van der Waals surface area contributed by atoms with Crippen LogP contribution in [0.4, 0.5) is 4.39 Å². The lowest BCUT2D eigenvalue weighted by Crippen LogP contribution is -2.32. The second kappa shape index (κ2) is 9.54. The predicted octanol–water partition coefficient (Wildman–Crippen LogP) is 4.46. The monoisotopic (exact) mass is 477 g/mol. The van der Waals surface area contributed by atoms with Crippen LogP contribution >= 0.6 is 27.7 Å². The molecule has 1 heterocycles. The van der Waals surface area contributed by atoms with Crippen LogP contribution in [0.3, 0.4) is 0 Å². The van der Waals surface area contributed by atoms with Gasteiger partial charge in [-0.25, -0.2) is 9.37 Å². The summed E-state index contributed by atoms with van der Waals surface area (Å²) in [4.78, 5) is 31.8. The highest BCUT2D eigenvalue weighted by Crippen LogP contribution is 2.21. The number of hydrogen-bond acceptors (Lipinski definition) is 4. The molecule has 0 atom stereocenters. The molecular formula is C21H21BrFN3O2S. The molecule has 0 aliphatic carbocycles. The average molecular weight is 478 g/mol. The molecule has 1 amide bonds. The summed E-state index contributed by atoms with van der Waals surface area (Å²) >= 11 is 4.63. The molecule has 0 bridgehead atoms. The molecule has 0 N–H and O–H groups in total. The number of hydrogen-bond donors (Lipinski definition) is 0. The molecule has 0 spiro atoms. The van der Waals surface area contributed by atoms with E-state index in [-0.39, 0.29) is 23.0 Å². The van der Waals surface area contributed by atoms with Gasteiger partial charge in [0.15, 0.2) is 5.16 Å². The first kappa shape index (κ1) is 21.5. The molecule has 3 aromatic rings. The number of carbonyl (C=O) groups is 1. The van der Waals surface area contributed by atoms with Gasteiger partial charge in [-0.15, -0.1) is 0 Å². The maximum atomic E-state index is 13.4. The van der Waals surface area contributed by atoms with Crippen molar-refractivity contribution in [1.29, 1.82) is 0 Å². The average Bonchev–Trinajstić information content (AvgIpc) is 2.71. The van der Waals surface area contributed by atoms with Crippen LogP contribution in [0.1, 0.15) is 19.4 Å². The fourth-order valence-corrected chi connectivity index (χ4v) is 4.34. The third-order valence-electron chi connectivity index (χ3n) is 4.52. The molecule has 0 saturated carbocycles. The van der Waals surface area contributed by atoms with Crippen molar-refractivity contribution in [2.24, 2.45) is 0 Å². The summed E-state index contributed by atoms with van der Waals surface area (Å²) in [6.07, 6.45) is 0. The minimum Gasteiger partial charge on any atom is -0.338 e. The first-order chi connectivity index (χ1) is 13.9. The van der Waals surface area contributed by atoms with Gasteiger partial charge in [-0.3, -0.25) is 14.2 Å². The predicted molar refractivity (Wildman–Crippen MR) is 118 cm³/mol. The summed E-state index contributed by atoms with van der Waals surface area (Å²) < 4.78 is 15.8. The van der Waals surface area contributed by atoms with E-state index in [1.54, 1.807) is 33.7 Å². The van der Waals surface area contributed by atoms with Crippen LogP contribution in [-0.2, 0) is 17.9 Å². The Kier molecular flexibility index (Phi) is 7.08. The van der Waals surface area contributed by atoms with Crippen LogP contribution in [0, 0.1) is 5.82 Å². The second-order valence-electron chi connectivity index (χ2n) is 6.43. The summed E-state index contributed by atoms with van der Waals surface area (Å²) in [5.41, 5.74) is 1.22. The number of thioether (sulfide) groups is 1. The Bertz CT molecular complexity index is 1100. The minimum absolute atomic E-state index is 0.0884. The van der Waals surface area contributed by atoms with Gasteiger partial charge >= 0.3 is 0 Å². The van der Waals surface area contributed by atoms with Crippen LogP contribution < -0.4 is 5.56 Å². The van der Waals surface area contributed by atoms with E-state index >= 15 is 0 Å². The van der Waals surface area contributed by atoms with E-state index in [0.29, 0.717) is 35.7 Å². The first-order valence-corrected chi connectivity index (χ1v) is 11.1. The maximum absolute atomic E-state index is 13.4. The van der Waals surface area contributed by atoms with E-state index in [1.165, 1.54) is 23.9 Å². The maximum Gasteiger partial charge on any atom is 0.262 e. The van der Waals surface area contributed by atoms with Crippen molar-refractivity contribution in [1.82, 2.24) is 14.5 Å². The molecule has 8 heteroatoms. The highest BCUT2D eigenvalue weighted by molar-refractivity contribution is 9.10. The van der Waals surface area contributed by atoms with Crippen molar-refractivity contribution in [2.45, 2.75) is 32.1 Å². The molecule has 1 aromatic heterocycles. The molecule has 0 unspecified atom stereocenters. The third kappa shape index (κ3) is 5.05. The van der Waals surface area contributed by atoms with Gasteiger partial charge < -0.3 is 4.90 Å². The zero-order chi connectivity index (χ0) is 21.0. The molecule has 2 aromatic carbocycles. The topological polar surface area (TPSA) is 55.2 Å². The molecule has 152 valence electrons. The lowest BCUT2D eigenvalue weighted by molar-refractivity contribution is -0.128. The first-order valence-electron chi connectivity index (χ1n) is 9.28. The number of halogens is 2. The highest BCUT2D eigenvalue weighted by Gasteiger charge is 2.16. The summed E-state index contributed by atoms with van der Waals surface area (Å²) in [7, 11) is 0. The van der Waals surface area contributed by atoms with Crippen molar-refractivity contribution in [3.63, 3.8) is 0 Å². The van der Waals surface area contributed by atoms with Gasteiger partial charge in [-0.1, -0.05) is 39.8 Å². The SMILES string of the molecule is CCN(Cc1cccc(F)c1)C(=O)CSc1nc2ccc(Br)cc2c(=O)n1CC. The fourth-order valence-electron chi connectivity index (χ4n) is 3.01. The Balaban J connectivity index is 1.79. The van der Waals surface area contributed by atoms with Crippen molar-refractivity contribution >= 4 is 44.5 Å². The Morgan fingerprint density at radius 2 is 2.03 bits per heavy atom. The quantitative estimate of drug-likeness (QED) is 0.372. The molecule has 3 rings (SSSR count). The summed E-state index contributed by atoms with van der Waals surface area (Å²) in [5.74, 6) is -0.258. The molecule has 5 nitrogen and oxygen atoms in total. The van der Waals surface area contributed by atoms with Crippen molar-refractivity contribution in [2.75, 3.05) is 12.3 Å². The number of rotatable bonds is 7. The van der Waals surface area contributed by atoms with Gasteiger partial charge in [0.2, 0.25) is 5.91 Å². The molecule has 0 radical (unpaired) electrons. The Labute approximate surface area is 181 Å². The lowest BCUT2D eigenvalue weighted by Gasteiger charge is -2.21. The van der Waals surface area contributed by atoms with Gasteiger partial charge in [0.05, 0.1) is 16.7 Å². The number of amides is 1. The van der Waals surface area contributed by atoms with Crippen LogP contribution in [0.15, 0.2) is 56.9 Å². The summed E-state index contributed by atoms with van der Waals surface area (Å²) in [6.45, 7) is 5.08. The molecule has 29 heavy (non-hydrogen) atoms. The Hall–Kier alpha value is -2.19. The number of nitrogens with zero attached hydrogens (tertiary/aromatic N) is 3. The molecular weight excluding hydrogens is 457 g/mol. The van der Waals surface area contributed by atoms with Crippen LogP contribution in [0.2, 0.25) is 0 Å². The Morgan fingerprint density at radius 1 is 1.24 bits per heavy atom. The third-order valence-corrected chi connectivity index (χ3v) is 5.97. The van der Waals surface area contributed by atoms with E-state index in [2.05, 4.69) is 20.9 Å². The zero-order valence-electron chi connectivity index (χ0n) is 16.2. The van der Waals surface area contributed by atoms with Crippen molar-refractivity contribution in [3.05, 3.63) is 68.7 Å². The second-order valence-corrected chi connectivity index (χ2v) is 8.29. The van der Waals surface area contributed by atoms with Crippen LogP contribution in [0.5, 0.6) is 0 Å². The summed E-state index contributed by atoms with van der Waals surface area (Å²) in [6, 6.07) is 11.6. The van der Waals surface area contributed by atoms with Gasteiger partial charge in [-0.2, -0.15) is 0 Å². The highest BCUT2D eigenvalue weighted by atomic mass is 79.9. The van der Waals surface area contributed by atoms with E-state index in [0.717, 1.165) is 10.0 Å². The number of fused-ring (bicyclic) bond motifs is 1. The fraction of sp³-hybridized carbons (Fsp3) is 0.286. The van der Waals surface area contributed by atoms with E-state index < -0.39 is 0 Å². The van der Waals surface area contributed by atoms with Crippen molar-refractivity contribution < 1.29 is 9.18 Å². The molecule has 0 saturated heterocycles. The van der Waals surface area contributed by atoms with Crippen molar-refractivity contribution in [3.8, 4) is 0 Å². The van der Waals surface area contributed by atoms with E-state index in [4.69, 9.17) is 0 Å². The van der Waals surface area contributed by atoms with E-state index in [1.807, 2.05) is 19.9 Å². The lowest BCUT2D eigenvalue weighted by atomic mass is 10.2. The molecule has 0 aliphatic heterocycles. The number of aromatic nitrogens is 2. The van der Waals surface area contributed by atoms with Crippen LogP contribution in [0.25, 0.3) is 10.9 Å². The zero-order valence-corrected chi connectivity index (χ0v) is 18.6.